The van der Waals surface area contributed by atoms with E-state index in [9.17, 15) is 4.79 Å². The van der Waals surface area contributed by atoms with Crippen LogP contribution in [0, 0.1) is 0 Å². The molecule has 0 radical (unpaired) electrons. The van der Waals surface area contributed by atoms with Crippen LogP contribution in [0.5, 0.6) is 0 Å². The zero-order valence-corrected chi connectivity index (χ0v) is 14.3. The number of aromatic nitrogens is 2. The van der Waals surface area contributed by atoms with Crippen molar-refractivity contribution in [2.75, 3.05) is 0 Å². The lowest BCUT2D eigenvalue weighted by Gasteiger charge is -2.29. The highest BCUT2D eigenvalue weighted by Crippen LogP contribution is 2.30. The van der Waals surface area contributed by atoms with Crippen molar-refractivity contribution in [3.05, 3.63) is 53.3 Å². The summed E-state index contributed by atoms with van der Waals surface area (Å²) in [6, 6.07) is 9.48. The summed E-state index contributed by atoms with van der Waals surface area (Å²) in [4.78, 5) is 12.7. The second-order valence-electron chi connectivity index (χ2n) is 6.16. The van der Waals surface area contributed by atoms with Crippen LogP contribution in [-0.4, -0.2) is 15.7 Å². The summed E-state index contributed by atoms with van der Waals surface area (Å²) in [7, 11) is 1.94. The molecule has 3 N–H and O–H groups in total. The zero-order chi connectivity index (χ0) is 15.7. The van der Waals surface area contributed by atoms with Gasteiger partial charge in [-0.1, -0.05) is 30.3 Å². The topological polar surface area (TPSA) is 72.9 Å². The van der Waals surface area contributed by atoms with Gasteiger partial charge in [0, 0.05) is 18.3 Å². The quantitative estimate of drug-likeness (QED) is 0.903. The number of hydrogen-bond acceptors (Lipinski definition) is 3. The molecule has 6 heteroatoms. The average Bonchev–Trinajstić information content (AvgIpc) is 2.91. The van der Waals surface area contributed by atoms with Gasteiger partial charge in [0.15, 0.2) is 0 Å². The molecule has 1 aliphatic carbocycles. The predicted molar refractivity (Wildman–Crippen MR) is 92.3 cm³/mol. The summed E-state index contributed by atoms with van der Waals surface area (Å²) in [6.45, 7) is 1.75. The molecule has 2 unspecified atom stereocenters. The zero-order valence-electron chi connectivity index (χ0n) is 13.5. The largest absolute Gasteiger partial charge is 0.347 e. The second kappa shape index (κ2) is 6.72. The lowest BCUT2D eigenvalue weighted by molar-refractivity contribution is -0.127. The number of halogens is 1. The van der Waals surface area contributed by atoms with Crippen LogP contribution in [0.2, 0.25) is 0 Å². The molecule has 0 bridgehead atoms. The summed E-state index contributed by atoms with van der Waals surface area (Å²) in [5.74, 6) is -0.152. The molecular formula is C17H23ClN4O. The first kappa shape index (κ1) is 17.5. The fraction of sp³-hybridized carbons (Fsp3) is 0.412. The van der Waals surface area contributed by atoms with E-state index in [4.69, 9.17) is 5.73 Å². The molecule has 0 fully saturated rings. The molecule has 0 aliphatic heterocycles. The molecule has 23 heavy (non-hydrogen) atoms. The van der Waals surface area contributed by atoms with Crippen LogP contribution in [0.3, 0.4) is 0 Å². The summed E-state index contributed by atoms with van der Waals surface area (Å²) >= 11 is 0. The highest BCUT2D eigenvalue weighted by Gasteiger charge is 2.33. The Labute approximate surface area is 142 Å². The van der Waals surface area contributed by atoms with Crippen molar-refractivity contribution in [2.45, 2.75) is 37.8 Å². The van der Waals surface area contributed by atoms with Crippen LogP contribution in [0.15, 0.2) is 36.5 Å². The fourth-order valence-electron chi connectivity index (χ4n) is 3.08. The molecule has 3 rings (SSSR count). The van der Waals surface area contributed by atoms with Crippen molar-refractivity contribution in [3.8, 4) is 0 Å². The molecule has 1 heterocycles. The highest BCUT2D eigenvalue weighted by molar-refractivity contribution is 5.87. The van der Waals surface area contributed by atoms with Gasteiger partial charge in [0.25, 0.3) is 0 Å². The van der Waals surface area contributed by atoms with Gasteiger partial charge >= 0.3 is 0 Å². The Bertz CT molecular complexity index is 681. The molecule has 1 aliphatic rings. The molecule has 1 amide bonds. The van der Waals surface area contributed by atoms with E-state index >= 15 is 0 Å². The van der Waals surface area contributed by atoms with E-state index in [2.05, 4.69) is 10.4 Å². The fourth-order valence-corrected chi connectivity index (χ4v) is 3.08. The number of carbonyl (C=O) groups is 1. The number of amides is 1. The number of aryl methyl sites for hydroxylation is 1. The van der Waals surface area contributed by atoms with Crippen LogP contribution in [0.4, 0.5) is 0 Å². The molecule has 5 nitrogen and oxygen atoms in total. The summed E-state index contributed by atoms with van der Waals surface area (Å²) < 4.78 is 1.90. The highest BCUT2D eigenvalue weighted by atomic mass is 35.5. The van der Waals surface area contributed by atoms with Crippen molar-refractivity contribution in [2.24, 2.45) is 12.8 Å². The lowest BCUT2D eigenvalue weighted by Crippen LogP contribution is -2.50. The van der Waals surface area contributed by atoms with E-state index in [1.54, 1.807) is 6.92 Å². The Kier molecular flexibility index (Phi) is 5.12. The monoisotopic (exact) mass is 334 g/mol. The minimum absolute atomic E-state index is 0. The van der Waals surface area contributed by atoms with Crippen LogP contribution in [0.1, 0.15) is 42.6 Å². The Morgan fingerprint density at radius 1 is 1.39 bits per heavy atom. The normalized spacial score (nSPS) is 19.2. The van der Waals surface area contributed by atoms with Crippen LogP contribution in [-0.2, 0) is 23.8 Å². The molecule has 2 atom stereocenters. The van der Waals surface area contributed by atoms with Gasteiger partial charge in [0.2, 0.25) is 5.91 Å². The van der Waals surface area contributed by atoms with E-state index in [1.807, 2.05) is 48.3 Å². The van der Waals surface area contributed by atoms with Gasteiger partial charge in [-0.05, 0) is 31.7 Å². The van der Waals surface area contributed by atoms with E-state index in [-0.39, 0.29) is 24.4 Å². The van der Waals surface area contributed by atoms with E-state index in [0.29, 0.717) is 0 Å². The van der Waals surface area contributed by atoms with Gasteiger partial charge in [-0.2, -0.15) is 5.10 Å². The first-order chi connectivity index (χ1) is 10.5. The number of nitrogens with zero attached hydrogens (tertiary/aromatic N) is 2. The minimum Gasteiger partial charge on any atom is -0.347 e. The summed E-state index contributed by atoms with van der Waals surface area (Å²) in [5, 5.41) is 7.42. The molecule has 1 aromatic carbocycles. The van der Waals surface area contributed by atoms with E-state index in [1.165, 1.54) is 5.69 Å². The number of nitrogens with one attached hydrogen (secondary N) is 1. The van der Waals surface area contributed by atoms with Crippen molar-refractivity contribution in [1.82, 2.24) is 15.1 Å². The number of benzene rings is 1. The van der Waals surface area contributed by atoms with E-state index < -0.39 is 5.54 Å². The molecule has 2 aromatic rings. The Morgan fingerprint density at radius 2 is 2.09 bits per heavy atom. The van der Waals surface area contributed by atoms with Crippen molar-refractivity contribution >= 4 is 18.3 Å². The number of rotatable bonds is 3. The second-order valence-corrected chi connectivity index (χ2v) is 6.16. The smallest absolute Gasteiger partial charge is 0.244 e. The number of hydrogen-bond donors (Lipinski definition) is 2. The summed E-state index contributed by atoms with van der Waals surface area (Å²) in [5.41, 5.74) is 8.39. The first-order valence-corrected chi connectivity index (χ1v) is 7.66. The maximum Gasteiger partial charge on any atom is 0.244 e. The Morgan fingerprint density at radius 3 is 2.78 bits per heavy atom. The van der Waals surface area contributed by atoms with Crippen molar-refractivity contribution < 1.29 is 4.79 Å². The maximum absolute atomic E-state index is 12.7. The number of nitrogens with two attached hydrogens (primary N) is 1. The SMILES string of the molecule is Cl.Cn1ncc2c1CCCC2NC(=O)C(C)(N)c1ccccc1. The first-order valence-electron chi connectivity index (χ1n) is 7.66. The standard InChI is InChI=1S/C17H22N4O.ClH/c1-17(18,12-7-4-3-5-8-12)16(22)20-14-9-6-10-15-13(14)11-19-21(15)2;/h3-5,7-8,11,14H,6,9-10,18H2,1-2H3,(H,20,22);1H. The van der Waals surface area contributed by atoms with Crippen molar-refractivity contribution in [1.29, 1.82) is 0 Å². The van der Waals surface area contributed by atoms with Crippen molar-refractivity contribution in [3.63, 3.8) is 0 Å². The van der Waals surface area contributed by atoms with Gasteiger partial charge in [0.05, 0.1) is 12.2 Å². The van der Waals surface area contributed by atoms with Gasteiger partial charge in [-0.3, -0.25) is 9.48 Å². The maximum atomic E-state index is 12.7. The molecule has 0 saturated carbocycles. The Hall–Kier alpha value is -1.85. The third-order valence-electron chi connectivity index (χ3n) is 4.53. The molecule has 0 spiro atoms. The molecule has 124 valence electrons. The lowest BCUT2D eigenvalue weighted by atomic mass is 9.89. The van der Waals surface area contributed by atoms with Crippen LogP contribution in [0.25, 0.3) is 0 Å². The van der Waals surface area contributed by atoms with Gasteiger partial charge in [0.1, 0.15) is 5.54 Å². The van der Waals surface area contributed by atoms with E-state index in [0.717, 1.165) is 30.4 Å². The number of fused-ring (bicyclic) bond motifs is 1. The number of carbonyl (C=O) groups excluding carboxylic acids is 1. The molecular weight excluding hydrogens is 312 g/mol. The Balaban J connectivity index is 0.00000192. The molecule has 0 saturated heterocycles. The predicted octanol–water partition coefficient (Wildman–Crippen LogP) is 2.21. The third-order valence-corrected chi connectivity index (χ3v) is 4.53. The van der Waals surface area contributed by atoms with Gasteiger partial charge in [-0.25, -0.2) is 0 Å². The van der Waals surface area contributed by atoms with Crippen LogP contribution >= 0.6 is 12.4 Å². The van der Waals surface area contributed by atoms with Gasteiger partial charge in [-0.15, -0.1) is 12.4 Å². The summed E-state index contributed by atoms with van der Waals surface area (Å²) in [6.07, 6.45) is 4.84. The minimum atomic E-state index is -1.04. The average molecular weight is 335 g/mol. The van der Waals surface area contributed by atoms with Gasteiger partial charge < -0.3 is 11.1 Å². The van der Waals surface area contributed by atoms with Crippen LogP contribution < -0.4 is 11.1 Å². The third kappa shape index (κ3) is 3.26. The molecule has 1 aromatic heterocycles.